The number of hydrogen-bond donors (Lipinski definition) is 0. The summed E-state index contributed by atoms with van der Waals surface area (Å²) in [4.78, 5) is 4.70. The van der Waals surface area contributed by atoms with Gasteiger partial charge in [0, 0.05) is 38.5 Å². The molecule has 0 N–H and O–H groups in total. The van der Waals surface area contributed by atoms with Gasteiger partial charge in [-0.15, -0.1) is 0 Å². The minimum Gasteiger partial charge on any atom is -0.307 e. The molecule has 0 saturated heterocycles. The van der Waals surface area contributed by atoms with E-state index in [2.05, 4.69) is 188 Å². The lowest BCUT2D eigenvalue weighted by Crippen LogP contribution is -2.06. The lowest BCUT2D eigenvalue weighted by atomic mass is 9.97. The van der Waals surface area contributed by atoms with E-state index >= 15 is 0 Å². The van der Waals surface area contributed by atoms with Gasteiger partial charge in [-0.3, -0.25) is 4.98 Å². The smallest absolute Gasteiger partial charge is 0.0998 e. The number of nitrogens with zero attached hydrogens (tertiary/aromatic N) is 4. The number of pyridine rings is 1. The van der Waals surface area contributed by atoms with Crippen molar-refractivity contribution in [3.63, 3.8) is 0 Å². The van der Waals surface area contributed by atoms with Crippen LogP contribution in [0.4, 0.5) is 0 Å². The Morgan fingerprint density at radius 1 is 0.397 bits per heavy atom. The van der Waals surface area contributed by atoms with Crippen LogP contribution in [0.2, 0.25) is 0 Å². The third kappa shape index (κ3) is 5.78. The van der Waals surface area contributed by atoms with Crippen LogP contribution in [-0.4, -0.2) is 14.1 Å². The minimum absolute atomic E-state index is 0.608. The Morgan fingerprint density at radius 3 is 1.29 bits per heavy atom. The van der Waals surface area contributed by atoms with Gasteiger partial charge in [0.05, 0.1) is 45.1 Å². The molecule has 4 nitrogen and oxygen atoms in total. The molecule has 278 valence electrons. The number of nitriles is 1. The number of benzene rings is 7. The maximum Gasteiger partial charge on any atom is 0.0998 e. The van der Waals surface area contributed by atoms with Gasteiger partial charge in [0.1, 0.15) is 0 Å². The van der Waals surface area contributed by atoms with Gasteiger partial charge < -0.3 is 9.13 Å². The number of hydrogen-bond acceptors (Lipinski definition) is 2. The first-order chi connectivity index (χ1) is 28.1. The first-order valence-corrected chi connectivity index (χ1v) is 19.9. The molecule has 58 heavy (non-hydrogen) atoms. The van der Waals surface area contributed by atoms with Gasteiger partial charge in [-0.05, 0) is 118 Å². The lowest BCUT2D eigenvalue weighted by molar-refractivity contribution is 1.09. The van der Waals surface area contributed by atoms with Crippen molar-refractivity contribution in [3.8, 4) is 50.8 Å². The third-order valence-electron chi connectivity index (χ3n) is 11.6. The molecule has 3 heterocycles. The summed E-state index contributed by atoms with van der Waals surface area (Å²) in [5.41, 5.74) is 20.3. The first-order valence-electron chi connectivity index (χ1n) is 19.9. The number of aromatic nitrogens is 3. The van der Waals surface area contributed by atoms with Crippen molar-refractivity contribution in [2.24, 2.45) is 0 Å². The molecule has 0 amide bonds. The predicted octanol–water partition coefficient (Wildman–Crippen LogP) is 14.0. The molecule has 0 spiro atoms. The molecule has 0 atom stereocenters. The standard InChI is InChI=1S/C54H42N4/c1-32-19-33(2)22-40(21-32)38-15-17-46-44-11-7-9-13-49(44)57(51(46)27-38)53-29-43(31-55)48(42-25-36(5)56-37(6)26-42)30-54(53)58-50-14-10-8-12-45(50)47-18-16-39(28-52(47)58)41-23-34(3)20-35(4)24-41/h7-30H,1-6H3. The van der Waals surface area contributed by atoms with Crippen molar-refractivity contribution in [2.45, 2.75) is 41.5 Å². The Morgan fingerprint density at radius 2 is 0.828 bits per heavy atom. The number of para-hydroxylation sites is 2. The molecule has 0 saturated carbocycles. The van der Waals surface area contributed by atoms with Crippen LogP contribution in [0.1, 0.15) is 39.2 Å². The topological polar surface area (TPSA) is 46.5 Å². The highest BCUT2D eigenvalue weighted by atomic mass is 15.1. The van der Waals surface area contributed by atoms with Crippen LogP contribution in [-0.2, 0) is 0 Å². The molecule has 0 bridgehead atoms. The van der Waals surface area contributed by atoms with Crippen LogP contribution in [0.15, 0.2) is 146 Å². The fourth-order valence-corrected chi connectivity index (χ4v) is 9.36. The zero-order valence-corrected chi connectivity index (χ0v) is 33.6. The molecule has 0 aliphatic heterocycles. The summed E-state index contributed by atoms with van der Waals surface area (Å²) >= 11 is 0. The zero-order chi connectivity index (χ0) is 39.8. The highest BCUT2D eigenvalue weighted by Gasteiger charge is 2.23. The van der Waals surface area contributed by atoms with E-state index < -0.39 is 0 Å². The number of fused-ring (bicyclic) bond motifs is 6. The Balaban J connectivity index is 1.36. The van der Waals surface area contributed by atoms with Crippen molar-refractivity contribution in [3.05, 3.63) is 185 Å². The van der Waals surface area contributed by atoms with Gasteiger partial charge in [-0.2, -0.15) is 5.26 Å². The molecule has 0 fully saturated rings. The molecule has 0 unspecified atom stereocenters. The minimum atomic E-state index is 0.608. The van der Waals surface area contributed by atoms with E-state index in [-0.39, 0.29) is 0 Å². The van der Waals surface area contributed by atoms with Crippen LogP contribution >= 0.6 is 0 Å². The average molecular weight is 747 g/mol. The first kappa shape index (κ1) is 35.2. The van der Waals surface area contributed by atoms with E-state index in [1.807, 2.05) is 13.8 Å². The normalized spacial score (nSPS) is 11.6. The van der Waals surface area contributed by atoms with Crippen LogP contribution in [0, 0.1) is 52.9 Å². The molecule has 7 aromatic carbocycles. The van der Waals surface area contributed by atoms with Gasteiger partial charge in [0.25, 0.3) is 0 Å². The number of aryl methyl sites for hydroxylation is 6. The SMILES string of the molecule is Cc1cc(C)cc(-c2ccc3c4ccccc4n(-c4cc(C#N)c(-c5cc(C)nc(C)c5)cc4-n4c5ccccc5c5ccc(-c6cc(C)cc(C)c6)cc54)c3c2)c1. The Hall–Kier alpha value is -7.22. The molecule has 0 aliphatic rings. The molecule has 10 aromatic rings. The van der Waals surface area contributed by atoms with Crippen LogP contribution in [0.5, 0.6) is 0 Å². The second kappa shape index (κ2) is 13.5. The predicted molar refractivity (Wildman–Crippen MR) is 242 cm³/mol. The van der Waals surface area contributed by atoms with Gasteiger partial charge in [-0.1, -0.05) is 119 Å². The third-order valence-corrected chi connectivity index (χ3v) is 11.6. The summed E-state index contributed by atoms with van der Waals surface area (Å²) in [6.07, 6.45) is 0. The summed E-state index contributed by atoms with van der Waals surface area (Å²) in [6.45, 7) is 12.7. The number of rotatable bonds is 5. The van der Waals surface area contributed by atoms with Gasteiger partial charge in [-0.25, -0.2) is 0 Å². The Kier molecular flexibility index (Phi) is 8.18. The maximum atomic E-state index is 11.0. The average Bonchev–Trinajstić information content (AvgIpc) is 3.71. The van der Waals surface area contributed by atoms with Crippen LogP contribution in [0.25, 0.3) is 88.4 Å². The molecule has 10 rings (SSSR count). The van der Waals surface area contributed by atoms with Gasteiger partial charge >= 0.3 is 0 Å². The quantitative estimate of drug-likeness (QED) is 0.176. The van der Waals surface area contributed by atoms with Crippen molar-refractivity contribution in [1.82, 2.24) is 14.1 Å². The van der Waals surface area contributed by atoms with Gasteiger partial charge in [0.15, 0.2) is 0 Å². The van der Waals surface area contributed by atoms with Crippen molar-refractivity contribution in [2.75, 3.05) is 0 Å². The lowest BCUT2D eigenvalue weighted by Gasteiger charge is -2.20. The van der Waals surface area contributed by atoms with Crippen LogP contribution < -0.4 is 0 Å². The van der Waals surface area contributed by atoms with Crippen molar-refractivity contribution < 1.29 is 0 Å². The van der Waals surface area contributed by atoms with E-state index in [9.17, 15) is 5.26 Å². The monoisotopic (exact) mass is 746 g/mol. The van der Waals surface area contributed by atoms with E-state index in [0.717, 1.165) is 77.9 Å². The molecular weight excluding hydrogens is 705 g/mol. The van der Waals surface area contributed by atoms with Crippen LogP contribution in [0.3, 0.4) is 0 Å². The van der Waals surface area contributed by atoms with Crippen molar-refractivity contribution in [1.29, 1.82) is 5.26 Å². The zero-order valence-electron chi connectivity index (χ0n) is 33.6. The molecule has 0 radical (unpaired) electrons. The molecule has 0 aliphatic carbocycles. The fraction of sp³-hybridized carbons (Fsp3) is 0.111. The highest BCUT2D eigenvalue weighted by molar-refractivity contribution is 6.13. The second-order valence-corrected chi connectivity index (χ2v) is 16.1. The maximum absolute atomic E-state index is 11.0. The second-order valence-electron chi connectivity index (χ2n) is 16.1. The summed E-state index contributed by atoms with van der Waals surface area (Å²) in [6, 6.07) is 55.7. The molecule has 4 heteroatoms. The summed E-state index contributed by atoms with van der Waals surface area (Å²) in [7, 11) is 0. The van der Waals surface area contributed by atoms with E-state index in [0.29, 0.717) is 5.56 Å². The fourth-order valence-electron chi connectivity index (χ4n) is 9.36. The van der Waals surface area contributed by atoms with E-state index in [1.54, 1.807) is 0 Å². The van der Waals surface area contributed by atoms with E-state index in [1.165, 1.54) is 44.2 Å². The van der Waals surface area contributed by atoms with E-state index in [4.69, 9.17) is 4.98 Å². The molecule has 3 aromatic heterocycles. The van der Waals surface area contributed by atoms with Crippen molar-refractivity contribution >= 4 is 43.6 Å². The van der Waals surface area contributed by atoms with Gasteiger partial charge in [0.2, 0.25) is 0 Å². The Bertz CT molecular complexity index is 3310. The summed E-state index contributed by atoms with van der Waals surface area (Å²) in [5, 5.41) is 15.7. The summed E-state index contributed by atoms with van der Waals surface area (Å²) in [5.74, 6) is 0. The largest absolute Gasteiger partial charge is 0.307 e. The Labute approximate surface area is 338 Å². The summed E-state index contributed by atoms with van der Waals surface area (Å²) < 4.78 is 4.81. The highest BCUT2D eigenvalue weighted by Crippen LogP contribution is 2.42. The molecular formula is C54H42N4.